The minimum absolute atomic E-state index is 0.151. The molecule has 0 bridgehead atoms. The summed E-state index contributed by atoms with van der Waals surface area (Å²) in [6.45, 7) is 6.32. The molecule has 0 saturated carbocycles. The molecule has 98 valence electrons. The first-order valence-electron chi connectivity index (χ1n) is 6.13. The number of hydrogen-bond donors (Lipinski definition) is 1. The maximum absolute atomic E-state index is 11.0. The molecule has 1 aromatic carbocycles. The number of nitrogens with one attached hydrogen (secondary N) is 1. The predicted octanol–water partition coefficient (Wildman–Crippen LogP) is 2.61. The molecule has 0 amide bonds. The summed E-state index contributed by atoms with van der Waals surface area (Å²) >= 11 is 0. The van der Waals surface area contributed by atoms with Crippen molar-refractivity contribution in [1.29, 1.82) is 0 Å². The molecular formula is C13H18N2O3. The largest absolute Gasteiger partial charge is 0.384 e. The molecule has 5 nitrogen and oxygen atoms in total. The number of rotatable bonds is 5. The van der Waals surface area contributed by atoms with Gasteiger partial charge in [0.2, 0.25) is 0 Å². The Morgan fingerprint density at radius 3 is 2.72 bits per heavy atom. The molecule has 2 rings (SSSR count). The van der Waals surface area contributed by atoms with Crippen LogP contribution in [0.4, 0.5) is 11.4 Å². The Bertz CT molecular complexity index is 456. The molecule has 1 saturated heterocycles. The van der Waals surface area contributed by atoms with Crippen molar-refractivity contribution in [2.45, 2.75) is 20.3 Å². The summed E-state index contributed by atoms with van der Waals surface area (Å²) in [5.74, 6) is 0. The number of hydrogen-bond acceptors (Lipinski definition) is 4. The Balaban J connectivity index is 2.09. The van der Waals surface area contributed by atoms with E-state index < -0.39 is 0 Å². The lowest BCUT2D eigenvalue weighted by Gasteiger charge is -2.38. The maximum atomic E-state index is 11.0. The molecule has 1 aromatic rings. The Morgan fingerprint density at radius 1 is 1.50 bits per heavy atom. The molecule has 18 heavy (non-hydrogen) atoms. The van der Waals surface area contributed by atoms with E-state index in [1.807, 2.05) is 19.1 Å². The van der Waals surface area contributed by atoms with E-state index in [1.165, 1.54) is 0 Å². The molecule has 1 fully saturated rings. The average Bonchev–Trinajstić information content (AvgIpc) is 2.33. The summed E-state index contributed by atoms with van der Waals surface area (Å²) in [5, 5.41) is 14.2. The smallest absolute Gasteiger partial charge is 0.274 e. The molecule has 1 N–H and O–H groups in total. The van der Waals surface area contributed by atoms with Crippen molar-refractivity contribution in [3.05, 3.63) is 33.9 Å². The number of nitrogens with zero attached hydrogens (tertiary/aromatic N) is 1. The maximum Gasteiger partial charge on any atom is 0.274 e. The standard InChI is InChI=1S/C13H18N2O3/c1-3-10-4-5-11(6-12(10)15(16)17)14-7-13(2)8-18-9-13/h4-6,14H,3,7-9H2,1-2H3. The van der Waals surface area contributed by atoms with Gasteiger partial charge >= 0.3 is 0 Å². The highest BCUT2D eigenvalue weighted by molar-refractivity contribution is 5.55. The third-order valence-electron chi connectivity index (χ3n) is 3.28. The van der Waals surface area contributed by atoms with Gasteiger partial charge in [0.1, 0.15) is 0 Å². The number of nitro groups is 1. The van der Waals surface area contributed by atoms with Crippen LogP contribution in [-0.4, -0.2) is 24.7 Å². The minimum atomic E-state index is -0.321. The second-order valence-corrected chi connectivity index (χ2v) is 5.11. The highest BCUT2D eigenvalue weighted by Gasteiger charge is 2.33. The molecule has 0 aliphatic carbocycles. The van der Waals surface area contributed by atoms with Crippen molar-refractivity contribution in [3.63, 3.8) is 0 Å². The van der Waals surface area contributed by atoms with Crippen LogP contribution in [0.5, 0.6) is 0 Å². The highest BCUT2D eigenvalue weighted by atomic mass is 16.6. The summed E-state index contributed by atoms with van der Waals surface area (Å²) in [6.07, 6.45) is 0.669. The highest BCUT2D eigenvalue weighted by Crippen LogP contribution is 2.28. The molecule has 0 spiro atoms. The van der Waals surface area contributed by atoms with Crippen molar-refractivity contribution in [1.82, 2.24) is 0 Å². The van der Waals surface area contributed by atoms with E-state index in [-0.39, 0.29) is 16.0 Å². The van der Waals surface area contributed by atoms with Crippen LogP contribution < -0.4 is 5.32 Å². The Labute approximate surface area is 106 Å². The van der Waals surface area contributed by atoms with E-state index >= 15 is 0 Å². The zero-order valence-electron chi connectivity index (χ0n) is 10.7. The van der Waals surface area contributed by atoms with Gasteiger partial charge in [-0.25, -0.2) is 0 Å². The third-order valence-corrected chi connectivity index (χ3v) is 3.28. The lowest BCUT2D eigenvalue weighted by molar-refractivity contribution is -0.385. The van der Waals surface area contributed by atoms with Gasteiger partial charge in [0.05, 0.1) is 18.1 Å². The molecule has 0 aromatic heterocycles. The van der Waals surface area contributed by atoms with Gasteiger partial charge in [-0.15, -0.1) is 0 Å². The predicted molar refractivity (Wildman–Crippen MR) is 69.9 cm³/mol. The molecular weight excluding hydrogens is 232 g/mol. The van der Waals surface area contributed by atoms with E-state index in [4.69, 9.17) is 4.74 Å². The van der Waals surface area contributed by atoms with Crippen LogP contribution >= 0.6 is 0 Å². The minimum Gasteiger partial charge on any atom is -0.384 e. The van der Waals surface area contributed by atoms with Crippen LogP contribution in [0.1, 0.15) is 19.4 Å². The van der Waals surface area contributed by atoms with E-state index in [0.29, 0.717) is 6.42 Å². The Hall–Kier alpha value is -1.62. The van der Waals surface area contributed by atoms with Crippen LogP contribution in [0.25, 0.3) is 0 Å². The van der Waals surface area contributed by atoms with Crippen LogP contribution in [0.15, 0.2) is 18.2 Å². The topological polar surface area (TPSA) is 64.4 Å². The summed E-state index contributed by atoms with van der Waals surface area (Å²) in [6, 6.07) is 5.33. The summed E-state index contributed by atoms with van der Waals surface area (Å²) < 4.78 is 5.18. The van der Waals surface area contributed by atoms with Gasteiger partial charge < -0.3 is 10.1 Å². The number of nitro benzene ring substituents is 1. The van der Waals surface area contributed by atoms with Crippen molar-refractivity contribution in [2.24, 2.45) is 5.41 Å². The zero-order chi connectivity index (χ0) is 13.2. The van der Waals surface area contributed by atoms with Crippen molar-refractivity contribution in [2.75, 3.05) is 25.1 Å². The fourth-order valence-corrected chi connectivity index (χ4v) is 2.01. The molecule has 1 heterocycles. The summed E-state index contributed by atoms with van der Waals surface area (Å²) in [5.41, 5.74) is 1.91. The zero-order valence-corrected chi connectivity index (χ0v) is 10.7. The van der Waals surface area contributed by atoms with E-state index in [2.05, 4.69) is 12.2 Å². The molecule has 1 aliphatic heterocycles. The SMILES string of the molecule is CCc1ccc(NCC2(C)COC2)cc1[N+](=O)[O-]. The molecule has 1 aliphatic rings. The van der Waals surface area contributed by atoms with Gasteiger partial charge in [0, 0.05) is 29.3 Å². The second-order valence-electron chi connectivity index (χ2n) is 5.11. The number of benzene rings is 1. The number of aryl methyl sites for hydroxylation is 1. The molecule has 0 atom stereocenters. The van der Waals surface area contributed by atoms with E-state index in [9.17, 15) is 10.1 Å². The van der Waals surface area contributed by atoms with Crippen LogP contribution in [0.2, 0.25) is 0 Å². The molecule has 5 heteroatoms. The van der Waals surface area contributed by atoms with Crippen LogP contribution in [-0.2, 0) is 11.2 Å². The molecule has 0 radical (unpaired) electrons. The second kappa shape index (κ2) is 4.94. The van der Waals surface area contributed by atoms with Crippen molar-refractivity contribution in [3.8, 4) is 0 Å². The first kappa shape index (κ1) is 12.8. The lowest BCUT2D eigenvalue weighted by atomic mass is 9.88. The van der Waals surface area contributed by atoms with Gasteiger partial charge in [-0.1, -0.05) is 19.9 Å². The summed E-state index contributed by atoms with van der Waals surface area (Å²) in [7, 11) is 0. The van der Waals surface area contributed by atoms with Crippen LogP contribution in [0, 0.1) is 15.5 Å². The normalized spacial score (nSPS) is 17.0. The number of anilines is 1. The Morgan fingerprint density at radius 2 is 2.22 bits per heavy atom. The van der Waals surface area contributed by atoms with Gasteiger partial charge in [-0.05, 0) is 12.5 Å². The van der Waals surface area contributed by atoms with Crippen molar-refractivity contribution < 1.29 is 9.66 Å². The fraction of sp³-hybridized carbons (Fsp3) is 0.538. The first-order valence-corrected chi connectivity index (χ1v) is 6.13. The van der Waals surface area contributed by atoms with Gasteiger partial charge in [-0.3, -0.25) is 10.1 Å². The van der Waals surface area contributed by atoms with Crippen molar-refractivity contribution >= 4 is 11.4 Å². The van der Waals surface area contributed by atoms with E-state index in [1.54, 1.807) is 6.07 Å². The van der Waals surface area contributed by atoms with E-state index in [0.717, 1.165) is 31.0 Å². The van der Waals surface area contributed by atoms with Gasteiger partial charge in [-0.2, -0.15) is 0 Å². The third kappa shape index (κ3) is 2.61. The molecule has 0 unspecified atom stereocenters. The Kier molecular flexibility index (Phi) is 3.52. The quantitative estimate of drug-likeness (QED) is 0.644. The average molecular weight is 250 g/mol. The first-order chi connectivity index (χ1) is 8.54. The summed E-state index contributed by atoms with van der Waals surface area (Å²) in [4.78, 5) is 10.6. The van der Waals surface area contributed by atoms with Gasteiger partial charge in [0.25, 0.3) is 5.69 Å². The van der Waals surface area contributed by atoms with Crippen LogP contribution in [0.3, 0.4) is 0 Å². The number of ether oxygens (including phenoxy) is 1. The monoisotopic (exact) mass is 250 g/mol. The van der Waals surface area contributed by atoms with Gasteiger partial charge in [0.15, 0.2) is 0 Å². The fourth-order valence-electron chi connectivity index (χ4n) is 2.01. The lowest BCUT2D eigenvalue weighted by Crippen LogP contribution is -2.45.